The molecule has 0 aliphatic carbocycles. The monoisotopic (exact) mass is 432 g/mol. The van der Waals surface area contributed by atoms with Crippen molar-refractivity contribution in [1.82, 2.24) is 4.57 Å². The molecule has 2 heterocycles. The van der Waals surface area contributed by atoms with E-state index in [0.717, 1.165) is 23.9 Å². The number of aromatic nitrogens is 1. The summed E-state index contributed by atoms with van der Waals surface area (Å²) < 4.78 is 26.2. The van der Waals surface area contributed by atoms with Gasteiger partial charge in [-0.1, -0.05) is 12.1 Å². The average molecular weight is 432 g/mol. The number of allylic oxidation sites excluding steroid dienone is 1. The Balaban J connectivity index is 1.41. The van der Waals surface area contributed by atoms with Crippen LogP contribution < -0.4 is 4.74 Å². The van der Waals surface area contributed by atoms with Gasteiger partial charge in [-0.3, -0.25) is 14.9 Å². The van der Waals surface area contributed by atoms with Crippen molar-refractivity contribution in [2.24, 2.45) is 0 Å². The normalized spacial score (nSPS) is 11.0. The summed E-state index contributed by atoms with van der Waals surface area (Å²) in [5.74, 6) is -0.254. The molecule has 8 heteroatoms. The lowest BCUT2D eigenvalue weighted by atomic mass is 10.1. The number of nitro groups is 1. The van der Waals surface area contributed by atoms with Crippen molar-refractivity contribution in [1.29, 1.82) is 0 Å². The third-order valence-corrected chi connectivity index (χ3v) is 4.60. The Kier molecular flexibility index (Phi) is 5.94. The molecule has 0 aliphatic heterocycles. The van der Waals surface area contributed by atoms with Gasteiger partial charge in [0.25, 0.3) is 0 Å². The van der Waals surface area contributed by atoms with Gasteiger partial charge in [-0.05, 0) is 54.6 Å². The Bertz CT molecular complexity index is 1290. The van der Waals surface area contributed by atoms with Gasteiger partial charge < -0.3 is 13.7 Å². The number of carbonyl (C=O) groups excluding carboxylic acids is 1. The van der Waals surface area contributed by atoms with E-state index in [4.69, 9.17) is 9.15 Å². The quantitative estimate of drug-likeness (QED) is 0.157. The fourth-order valence-electron chi connectivity index (χ4n) is 3.05. The number of furan rings is 1. The average Bonchev–Trinajstić information content (AvgIpc) is 3.48. The van der Waals surface area contributed by atoms with Crippen molar-refractivity contribution in [3.05, 3.63) is 118 Å². The number of ketones is 1. The van der Waals surface area contributed by atoms with Crippen LogP contribution >= 0.6 is 0 Å². The van der Waals surface area contributed by atoms with Gasteiger partial charge in [0.2, 0.25) is 0 Å². The van der Waals surface area contributed by atoms with E-state index in [2.05, 4.69) is 0 Å². The van der Waals surface area contributed by atoms with E-state index in [1.165, 1.54) is 12.2 Å². The molecule has 32 heavy (non-hydrogen) atoms. The number of ether oxygens (including phenoxy) is 1. The summed E-state index contributed by atoms with van der Waals surface area (Å²) in [4.78, 5) is 22.9. The van der Waals surface area contributed by atoms with Crippen LogP contribution in [0.4, 0.5) is 10.1 Å². The molecule has 0 spiro atoms. The van der Waals surface area contributed by atoms with E-state index in [9.17, 15) is 19.3 Å². The number of nitro benzene ring substituents is 1. The zero-order valence-corrected chi connectivity index (χ0v) is 16.7. The maximum atomic E-state index is 13.4. The highest BCUT2D eigenvalue weighted by Crippen LogP contribution is 2.28. The first-order valence-corrected chi connectivity index (χ1v) is 9.61. The first-order valence-electron chi connectivity index (χ1n) is 9.61. The minimum Gasteiger partial charge on any atom is -0.479 e. The molecule has 7 nitrogen and oxygen atoms in total. The number of carbonyl (C=O) groups is 1. The van der Waals surface area contributed by atoms with Gasteiger partial charge in [-0.2, -0.15) is 0 Å². The van der Waals surface area contributed by atoms with E-state index in [0.29, 0.717) is 17.1 Å². The molecule has 0 fully saturated rings. The van der Waals surface area contributed by atoms with Crippen LogP contribution in [0.3, 0.4) is 0 Å². The van der Waals surface area contributed by atoms with E-state index in [1.54, 1.807) is 24.3 Å². The second-order valence-electron chi connectivity index (χ2n) is 6.80. The largest absolute Gasteiger partial charge is 0.479 e. The molecular formula is C24H17FN2O5. The zero-order valence-electron chi connectivity index (χ0n) is 16.7. The first kappa shape index (κ1) is 20.8. The van der Waals surface area contributed by atoms with E-state index in [-0.39, 0.29) is 23.8 Å². The lowest BCUT2D eigenvalue weighted by Crippen LogP contribution is -1.99. The standard InChI is InChI=1S/C24H17FN2O5/c25-18-6-10-22(27(29)30)24(15-18)31-16-21-8-7-20(32-21)9-11-23(28)17-4-3-5-19(14-17)26-12-1-2-13-26/h1-15H,16H2/b11-9+. The summed E-state index contributed by atoms with van der Waals surface area (Å²) in [6.07, 6.45) is 6.71. The van der Waals surface area contributed by atoms with Crippen molar-refractivity contribution >= 4 is 17.5 Å². The van der Waals surface area contributed by atoms with Crippen LogP contribution in [-0.2, 0) is 6.61 Å². The zero-order chi connectivity index (χ0) is 22.5. The molecule has 0 radical (unpaired) electrons. The van der Waals surface area contributed by atoms with Gasteiger partial charge in [-0.25, -0.2) is 4.39 Å². The van der Waals surface area contributed by atoms with Crippen LogP contribution in [0.1, 0.15) is 21.9 Å². The summed E-state index contributed by atoms with van der Waals surface area (Å²) in [5, 5.41) is 11.0. The van der Waals surface area contributed by atoms with Crippen LogP contribution in [-0.4, -0.2) is 15.3 Å². The van der Waals surface area contributed by atoms with Gasteiger partial charge in [-0.15, -0.1) is 0 Å². The molecule has 0 saturated carbocycles. The van der Waals surface area contributed by atoms with Crippen molar-refractivity contribution in [2.75, 3.05) is 0 Å². The molecule has 0 saturated heterocycles. The van der Waals surface area contributed by atoms with Gasteiger partial charge in [0.1, 0.15) is 23.9 Å². The smallest absolute Gasteiger partial charge is 0.311 e. The number of rotatable bonds is 8. The minimum absolute atomic E-state index is 0.134. The third kappa shape index (κ3) is 4.81. The van der Waals surface area contributed by atoms with Crippen LogP contribution in [0.5, 0.6) is 5.75 Å². The second-order valence-corrected chi connectivity index (χ2v) is 6.80. The van der Waals surface area contributed by atoms with Crippen LogP contribution in [0.15, 0.2) is 89.6 Å². The van der Waals surface area contributed by atoms with Crippen LogP contribution in [0, 0.1) is 15.9 Å². The number of nitrogens with zero attached hydrogens (tertiary/aromatic N) is 2. The molecule has 0 atom stereocenters. The summed E-state index contributed by atoms with van der Waals surface area (Å²) in [6.45, 7) is -0.134. The summed E-state index contributed by atoms with van der Waals surface area (Å²) in [7, 11) is 0. The topological polar surface area (TPSA) is 87.5 Å². The Labute approximate surface area is 182 Å². The molecule has 0 amide bonds. The van der Waals surface area contributed by atoms with E-state index < -0.39 is 10.7 Å². The summed E-state index contributed by atoms with van der Waals surface area (Å²) in [6, 6.07) is 17.3. The highest BCUT2D eigenvalue weighted by Gasteiger charge is 2.16. The molecule has 2 aromatic carbocycles. The highest BCUT2D eigenvalue weighted by molar-refractivity contribution is 6.07. The Morgan fingerprint density at radius 1 is 1.09 bits per heavy atom. The Morgan fingerprint density at radius 3 is 2.69 bits per heavy atom. The fraction of sp³-hybridized carbons (Fsp3) is 0.0417. The number of hydrogen-bond acceptors (Lipinski definition) is 5. The van der Waals surface area contributed by atoms with Crippen LogP contribution in [0.2, 0.25) is 0 Å². The van der Waals surface area contributed by atoms with Gasteiger partial charge >= 0.3 is 5.69 Å². The number of benzene rings is 2. The Morgan fingerprint density at radius 2 is 1.91 bits per heavy atom. The summed E-state index contributed by atoms with van der Waals surface area (Å²) in [5.41, 5.74) is 1.06. The minimum atomic E-state index is -0.651. The first-order chi connectivity index (χ1) is 15.5. The van der Waals surface area contributed by atoms with Gasteiger partial charge in [0.15, 0.2) is 11.5 Å². The lowest BCUT2D eigenvalue weighted by molar-refractivity contribution is -0.386. The summed E-state index contributed by atoms with van der Waals surface area (Å²) >= 11 is 0. The fourth-order valence-corrected chi connectivity index (χ4v) is 3.05. The Hall–Kier alpha value is -4.46. The third-order valence-electron chi connectivity index (χ3n) is 4.60. The van der Waals surface area contributed by atoms with Crippen LogP contribution in [0.25, 0.3) is 11.8 Å². The van der Waals surface area contributed by atoms with Crippen molar-refractivity contribution < 1.29 is 23.3 Å². The molecule has 4 rings (SSSR count). The molecule has 0 unspecified atom stereocenters. The van der Waals surface area contributed by atoms with Gasteiger partial charge in [0.05, 0.1) is 4.92 Å². The molecule has 0 bridgehead atoms. The van der Waals surface area contributed by atoms with E-state index >= 15 is 0 Å². The van der Waals surface area contributed by atoms with E-state index in [1.807, 2.05) is 41.2 Å². The molecule has 0 aliphatic rings. The number of halogens is 1. The van der Waals surface area contributed by atoms with Crippen molar-refractivity contribution in [2.45, 2.75) is 6.61 Å². The maximum absolute atomic E-state index is 13.4. The highest BCUT2D eigenvalue weighted by atomic mass is 19.1. The predicted octanol–water partition coefficient (Wildman–Crippen LogP) is 5.59. The SMILES string of the molecule is O=C(/C=C/c1ccc(COc2cc(F)ccc2[N+](=O)[O-])o1)c1cccc(-n2cccc2)c1. The second kappa shape index (κ2) is 9.13. The lowest BCUT2D eigenvalue weighted by Gasteiger charge is -2.05. The molecule has 160 valence electrons. The van der Waals surface area contributed by atoms with Crippen molar-refractivity contribution in [3.63, 3.8) is 0 Å². The van der Waals surface area contributed by atoms with Crippen molar-refractivity contribution in [3.8, 4) is 11.4 Å². The maximum Gasteiger partial charge on any atom is 0.311 e. The molecule has 4 aromatic rings. The number of hydrogen-bond donors (Lipinski definition) is 0. The predicted molar refractivity (Wildman–Crippen MR) is 115 cm³/mol. The molecule has 0 N–H and O–H groups in total. The molecular weight excluding hydrogens is 415 g/mol. The molecule has 2 aromatic heterocycles. The van der Waals surface area contributed by atoms with Gasteiger partial charge in [0, 0.05) is 35.8 Å².